The van der Waals surface area contributed by atoms with E-state index in [1.165, 1.54) is 12.4 Å². The van der Waals surface area contributed by atoms with Crippen LogP contribution in [0.2, 0.25) is 0 Å². The molecule has 2 atom stereocenters. The van der Waals surface area contributed by atoms with E-state index in [0.717, 1.165) is 55.9 Å². The Morgan fingerprint density at radius 3 is 2.70 bits per heavy atom. The molecule has 174 valence electrons. The summed E-state index contributed by atoms with van der Waals surface area (Å²) in [5.41, 5.74) is 2.06. The first-order chi connectivity index (χ1) is 16.1. The van der Waals surface area contributed by atoms with E-state index < -0.39 is 0 Å². The SMILES string of the molecule is COc1cc2ncnc(Nc3ccc(F)c(C)c3)c2cc1OCCCN1C[C@H]2COC[C@@H]2C1. The van der Waals surface area contributed by atoms with Crippen molar-refractivity contribution in [2.45, 2.75) is 13.3 Å². The molecule has 7 nitrogen and oxygen atoms in total. The average Bonchev–Trinajstić information content (AvgIpc) is 3.41. The number of hydrogen-bond acceptors (Lipinski definition) is 7. The molecule has 2 aliphatic rings. The summed E-state index contributed by atoms with van der Waals surface area (Å²) in [7, 11) is 1.63. The minimum Gasteiger partial charge on any atom is -0.493 e. The highest BCUT2D eigenvalue weighted by atomic mass is 19.1. The van der Waals surface area contributed by atoms with E-state index in [1.807, 2.05) is 12.1 Å². The first kappa shape index (κ1) is 21.9. The van der Waals surface area contributed by atoms with Crippen molar-refractivity contribution < 1.29 is 18.6 Å². The molecule has 0 amide bonds. The number of halogens is 1. The second kappa shape index (κ2) is 9.49. The number of benzene rings is 2. The lowest BCUT2D eigenvalue weighted by Crippen LogP contribution is -2.25. The number of hydrogen-bond donors (Lipinski definition) is 1. The van der Waals surface area contributed by atoms with Crippen molar-refractivity contribution in [2.24, 2.45) is 11.8 Å². The van der Waals surface area contributed by atoms with Gasteiger partial charge in [-0.1, -0.05) is 0 Å². The molecule has 3 aromatic rings. The third-order valence-electron chi connectivity index (χ3n) is 6.53. The zero-order valence-electron chi connectivity index (χ0n) is 19.0. The molecule has 3 heterocycles. The summed E-state index contributed by atoms with van der Waals surface area (Å²) in [5.74, 6) is 3.08. The number of aryl methyl sites for hydroxylation is 1. The van der Waals surface area contributed by atoms with Gasteiger partial charge in [-0.25, -0.2) is 14.4 Å². The van der Waals surface area contributed by atoms with Crippen LogP contribution >= 0.6 is 0 Å². The van der Waals surface area contributed by atoms with Crippen LogP contribution in [0.25, 0.3) is 10.9 Å². The Morgan fingerprint density at radius 2 is 1.94 bits per heavy atom. The lowest BCUT2D eigenvalue weighted by atomic mass is 10.0. The zero-order valence-corrected chi connectivity index (χ0v) is 19.0. The van der Waals surface area contributed by atoms with E-state index in [9.17, 15) is 4.39 Å². The van der Waals surface area contributed by atoms with Gasteiger partial charge in [0.15, 0.2) is 11.5 Å². The van der Waals surface area contributed by atoms with E-state index in [1.54, 1.807) is 26.2 Å². The minimum atomic E-state index is -0.237. The molecule has 0 spiro atoms. The molecule has 0 saturated carbocycles. The highest BCUT2D eigenvalue weighted by Crippen LogP contribution is 2.35. The maximum absolute atomic E-state index is 13.6. The molecular weight excluding hydrogens is 423 g/mol. The molecule has 1 N–H and O–H groups in total. The Bertz CT molecular complexity index is 1130. The summed E-state index contributed by atoms with van der Waals surface area (Å²) in [6.07, 6.45) is 2.43. The Kier molecular flexibility index (Phi) is 6.28. The van der Waals surface area contributed by atoms with Crippen molar-refractivity contribution in [3.05, 3.63) is 48.0 Å². The van der Waals surface area contributed by atoms with Crippen LogP contribution in [0.1, 0.15) is 12.0 Å². The highest BCUT2D eigenvalue weighted by molar-refractivity contribution is 5.93. The predicted octanol–water partition coefficient (Wildman–Crippen LogP) is 4.18. The molecule has 2 aromatic carbocycles. The van der Waals surface area contributed by atoms with Crippen LogP contribution in [0.15, 0.2) is 36.7 Å². The molecule has 2 fully saturated rings. The van der Waals surface area contributed by atoms with E-state index >= 15 is 0 Å². The molecular formula is C25H29FN4O3. The molecule has 33 heavy (non-hydrogen) atoms. The van der Waals surface area contributed by atoms with Crippen LogP contribution < -0.4 is 14.8 Å². The molecule has 5 rings (SSSR count). The molecule has 0 aliphatic carbocycles. The number of nitrogens with zero attached hydrogens (tertiary/aromatic N) is 3. The first-order valence-electron chi connectivity index (χ1n) is 11.4. The van der Waals surface area contributed by atoms with Crippen molar-refractivity contribution in [1.29, 1.82) is 0 Å². The number of likely N-dealkylation sites (tertiary alicyclic amines) is 1. The lowest BCUT2D eigenvalue weighted by Gasteiger charge is -2.17. The van der Waals surface area contributed by atoms with Crippen LogP contribution in [0.4, 0.5) is 15.9 Å². The molecule has 8 heteroatoms. The topological polar surface area (TPSA) is 68.7 Å². The fourth-order valence-electron chi connectivity index (χ4n) is 4.73. The van der Waals surface area contributed by atoms with Gasteiger partial charge in [0.25, 0.3) is 0 Å². The zero-order chi connectivity index (χ0) is 22.8. The van der Waals surface area contributed by atoms with Gasteiger partial charge >= 0.3 is 0 Å². The maximum atomic E-state index is 13.6. The van der Waals surface area contributed by atoms with Crippen LogP contribution in [0, 0.1) is 24.6 Å². The fourth-order valence-corrected chi connectivity index (χ4v) is 4.73. The first-order valence-corrected chi connectivity index (χ1v) is 11.4. The Hall–Kier alpha value is -2.97. The van der Waals surface area contributed by atoms with Crippen molar-refractivity contribution in [3.8, 4) is 11.5 Å². The Labute approximate surface area is 192 Å². The predicted molar refractivity (Wildman–Crippen MR) is 125 cm³/mol. The summed E-state index contributed by atoms with van der Waals surface area (Å²) >= 11 is 0. The molecule has 1 aromatic heterocycles. The van der Waals surface area contributed by atoms with Crippen molar-refractivity contribution >= 4 is 22.4 Å². The highest BCUT2D eigenvalue weighted by Gasteiger charge is 2.36. The van der Waals surface area contributed by atoms with Gasteiger partial charge in [-0.3, -0.25) is 0 Å². The quantitative estimate of drug-likeness (QED) is 0.514. The Morgan fingerprint density at radius 1 is 1.12 bits per heavy atom. The van der Waals surface area contributed by atoms with Gasteiger partial charge in [-0.15, -0.1) is 0 Å². The molecule has 0 radical (unpaired) electrons. The van der Waals surface area contributed by atoms with Crippen molar-refractivity contribution in [2.75, 3.05) is 51.9 Å². The number of ether oxygens (including phenoxy) is 3. The summed E-state index contributed by atoms with van der Waals surface area (Å²) in [6, 6.07) is 8.65. The number of methoxy groups -OCH3 is 1. The van der Waals surface area contributed by atoms with E-state index in [-0.39, 0.29) is 5.82 Å². The monoisotopic (exact) mass is 452 g/mol. The van der Waals surface area contributed by atoms with Crippen LogP contribution in [0.5, 0.6) is 11.5 Å². The van der Waals surface area contributed by atoms with E-state index in [0.29, 0.717) is 41.3 Å². The lowest BCUT2D eigenvalue weighted by molar-refractivity contribution is 0.152. The summed E-state index contributed by atoms with van der Waals surface area (Å²) in [4.78, 5) is 11.3. The number of rotatable bonds is 8. The van der Waals surface area contributed by atoms with Crippen molar-refractivity contribution in [1.82, 2.24) is 14.9 Å². The minimum absolute atomic E-state index is 0.237. The number of anilines is 2. The van der Waals surface area contributed by atoms with Crippen molar-refractivity contribution in [3.63, 3.8) is 0 Å². The van der Waals surface area contributed by atoms with Gasteiger partial charge < -0.3 is 24.4 Å². The van der Waals surface area contributed by atoms with Gasteiger partial charge in [0.1, 0.15) is 18.0 Å². The molecule has 2 saturated heterocycles. The average molecular weight is 453 g/mol. The second-order valence-electron chi connectivity index (χ2n) is 8.85. The third kappa shape index (κ3) is 4.72. The van der Waals surface area contributed by atoms with Crippen LogP contribution in [-0.2, 0) is 4.74 Å². The number of aromatic nitrogens is 2. The van der Waals surface area contributed by atoms with Gasteiger partial charge in [0, 0.05) is 48.6 Å². The van der Waals surface area contributed by atoms with Gasteiger partial charge in [-0.2, -0.15) is 0 Å². The van der Waals surface area contributed by atoms with E-state index in [4.69, 9.17) is 14.2 Å². The smallest absolute Gasteiger partial charge is 0.162 e. The molecule has 2 aliphatic heterocycles. The summed E-state index contributed by atoms with van der Waals surface area (Å²) in [5, 5.41) is 4.08. The van der Waals surface area contributed by atoms with Gasteiger partial charge in [0.2, 0.25) is 0 Å². The molecule has 0 bridgehead atoms. The third-order valence-corrected chi connectivity index (χ3v) is 6.53. The second-order valence-corrected chi connectivity index (χ2v) is 8.85. The molecule has 0 unspecified atom stereocenters. The maximum Gasteiger partial charge on any atom is 0.162 e. The van der Waals surface area contributed by atoms with E-state index in [2.05, 4.69) is 20.2 Å². The number of nitrogens with one attached hydrogen (secondary N) is 1. The van der Waals surface area contributed by atoms with Crippen LogP contribution in [-0.4, -0.2) is 61.4 Å². The normalized spacial score (nSPS) is 20.2. The standard InChI is InChI=1S/C25H29FN4O3/c1-16-8-19(4-5-21(16)26)29-25-20-9-24(23(31-2)10-22(20)27-15-28-25)33-7-3-6-30-11-17-13-32-14-18(17)12-30/h4-5,8-10,15,17-18H,3,6-7,11-14H2,1-2H3,(H,27,28,29)/t17-,18-/m0/s1. The van der Waals surface area contributed by atoms with Gasteiger partial charge in [0.05, 0.1) is 32.4 Å². The number of fused-ring (bicyclic) bond motifs is 2. The fraction of sp³-hybridized carbons (Fsp3) is 0.440. The van der Waals surface area contributed by atoms with Crippen LogP contribution in [0.3, 0.4) is 0 Å². The largest absolute Gasteiger partial charge is 0.493 e. The summed E-state index contributed by atoms with van der Waals surface area (Å²) < 4.78 is 30.9. The Balaban J connectivity index is 1.28. The summed E-state index contributed by atoms with van der Waals surface area (Å²) in [6.45, 7) is 7.40. The van der Waals surface area contributed by atoms with Gasteiger partial charge in [-0.05, 0) is 43.2 Å².